The van der Waals surface area contributed by atoms with Crippen LogP contribution in [0, 0.1) is 22.7 Å². The van der Waals surface area contributed by atoms with Crippen molar-refractivity contribution in [1.82, 2.24) is 9.97 Å². The van der Waals surface area contributed by atoms with E-state index in [1.807, 2.05) is 35.1 Å². The van der Waals surface area contributed by atoms with Gasteiger partial charge in [0, 0.05) is 41.7 Å². The molecule has 10 heteroatoms. The maximum Gasteiger partial charge on any atom is 0.329 e. The van der Waals surface area contributed by atoms with Gasteiger partial charge in [-0.1, -0.05) is 47.1 Å². The molecule has 0 unspecified atom stereocenters. The predicted octanol–water partition coefficient (Wildman–Crippen LogP) is 6.49. The summed E-state index contributed by atoms with van der Waals surface area (Å²) in [4.78, 5) is 22.7. The first-order valence-electron chi connectivity index (χ1n) is 14.3. The molecule has 0 fully saturated rings. The summed E-state index contributed by atoms with van der Waals surface area (Å²) in [6, 6.07) is 15.8. The SMILES string of the molecule is CCCc1ccc(C#N)cc1Nc1nccc(-c2cc(C#N)c3c(c2)[C@@](C)(CO[Si](C)(C)C(C)(C)C)CN3[B]C=O)n1. The summed E-state index contributed by atoms with van der Waals surface area (Å²) in [6.45, 7) is 16.3. The van der Waals surface area contributed by atoms with E-state index >= 15 is 0 Å². The Labute approximate surface area is 251 Å². The highest BCUT2D eigenvalue weighted by Crippen LogP contribution is 2.46. The third-order valence-electron chi connectivity index (χ3n) is 8.44. The van der Waals surface area contributed by atoms with E-state index in [0.717, 1.165) is 47.1 Å². The second-order valence-electron chi connectivity index (χ2n) is 12.7. The van der Waals surface area contributed by atoms with Crippen LogP contribution in [0.15, 0.2) is 42.6 Å². The molecular weight excluding hydrogens is 539 g/mol. The Morgan fingerprint density at radius 1 is 1.19 bits per heavy atom. The van der Waals surface area contributed by atoms with Crippen molar-refractivity contribution >= 4 is 39.2 Å². The van der Waals surface area contributed by atoms with Gasteiger partial charge < -0.3 is 19.3 Å². The van der Waals surface area contributed by atoms with E-state index in [0.29, 0.717) is 35.9 Å². The lowest BCUT2D eigenvalue weighted by molar-refractivity contribution is 0.219. The fraction of sp³-hybridized carbons (Fsp3) is 0.406. The van der Waals surface area contributed by atoms with E-state index in [-0.39, 0.29) is 5.04 Å². The van der Waals surface area contributed by atoms with E-state index in [9.17, 15) is 15.3 Å². The molecule has 3 aromatic rings. The average molecular weight is 578 g/mol. The number of nitriles is 2. The van der Waals surface area contributed by atoms with Crippen molar-refractivity contribution in [1.29, 1.82) is 10.5 Å². The first-order valence-corrected chi connectivity index (χ1v) is 17.2. The number of fused-ring (bicyclic) bond motifs is 1. The molecule has 0 bridgehead atoms. The van der Waals surface area contributed by atoms with Gasteiger partial charge in [-0.05, 0) is 66.0 Å². The second-order valence-corrected chi connectivity index (χ2v) is 17.5. The van der Waals surface area contributed by atoms with Crippen LogP contribution in [0.4, 0.5) is 17.3 Å². The van der Waals surface area contributed by atoms with Crippen molar-refractivity contribution in [3.63, 3.8) is 0 Å². The minimum atomic E-state index is -2.06. The number of nitrogens with zero attached hydrogens (tertiary/aromatic N) is 5. The van der Waals surface area contributed by atoms with Gasteiger partial charge in [0.05, 0.1) is 22.9 Å². The Hall–Kier alpha value is -3.99. The van der Waals surface area contributed by atoms with Crippen LogP contribution in [0.3, 0.4) is 0 Å². The van der Waals surface area contributed by atoms with Gasteiger partial charge in [-0.25, -0.2) is 9.97 Å². The summed E-state index contributed by atoms with van der Waals surface area (Å²) in [5.74, 6) is 0.402. The topological polar surface area (TPSA) is 115 Å². The smallest absolute Gasteiger partial charge is 0.329 e. The summed E-state index contributed by atoms with van der Waals surface area (Å²) >= 11 is 0. The third-order valence-corrected chi connectivity index (χ3v) is 12.9. The molecule has 1 atom stereocenters. The number of aryl methyl sites for hydroxylation is 1. The molecule has 1 aliphatic rings. The van der Waals surface area contributed by atoms with Crippen LogP contribution in [-0.4, -0.2) is 45.0 Å². The molecule has 2 aromatic carbocycles. The van der Waals surface area contributed by atoms with E-state index < -0.39 is 13.7 Å². The van der Waals surface area contributed by atoms with Crippen molar-refractivity contribution in [3.05, 3.63) is 64.8 Å². The van der Waals surface area contributed by atoms with Gasteiger partial charge in [-0.15, -0.1) is 0 Å². The number of hydrogen-bond acceptors (Lipinski definition) is 8. The number of anilines is 3. The van der Waals surface area contributed by atoms with Gasteiger partial charge in [-0.2, -0.15) is 10.5 Å². The lowest BCUT2D eigenvalue weighted by atomic mass is 9.83. The van der Waals surface area contributed by atoms with Crippen LogP contribution in [-0.2, 0) is 21.1 Å². The molecule has 8 nitrogen and oxygen atoms in total. The van der Waals surface area contributed by atoms with Crippen LogP contribution in [0.1, 0.15) is 63.3 Å². The molecule has 0 aliphatic carbocycles. The fourth-order valence-corrected chi connectivity index (χ4v) is 6.12. The van der Waals surface area contributed by atoms with Gasteiger partial charge in [0.1, 0.15) is 12.3 Å². The molecule has 4 rings (SSSR count). The van der Waals surface area contributed by atoms with Gasteiger partial charge >= 0.3 is 7.41 Å². The second kappa shape index (κ2) is 12.1. The lowest BCUT2D eigenvalue weighted by Gasteiger charge is -2.39. The molecule has 1 aromatic heterocycles. The molecule has 1 aliphatic heterocycles. The molecule has 0 amide bonds. The van der Waals surface area contributed by atoms with Crippen LogP contribution in [0.2, 0.25) is 18.1 Å². The number of nitrogens with one attached hydrogen (secondary N) is 1. The zero-order chi connectivity index (χ0) is 30.7. The summed E-state index contributed by atoms with van der Waals surface area (Å²) in [7, 11) is -0.562. The first-order chi connectivity index (χ1) is 19.9. The number of hydrogen-bond donors (Lipinski definition) is 1. The molecule has 42 heavy (non-hydrogen) atoms. The normalized spacial score (nSPS) is 16.4. The standard InChI is InChI=1S/C32H38BN6O2Si/c1-8-9-23-11-10-22(17-34)14-28(23)38-30-36-13-12-27(37-30)24-15-25(18-35)29-26(16-24)32(5,19-39(29)33-21-40)20-41-42(6,7)31(2,3)4/h10-16,21H,8-9,19-20H2,1-7H3,(H,36,37,38)/t32-/m1/s1. The lowest BCUT2D eigenvalue weighted by Crippen LogP contribution is -2.46. The number of rotatable bonds is 10. The van der Waals surface area contributed by atoms with Crippen molar-refractivity contribution < 1.29 is 9.22 Å². The minimum Gasteiger partial charge on any atom is -0.416 e. The van der Waals surface area contributed by atoms with Crippen molar-refractivity contribution in [2.24, 2.45) is 0 Å². The van der Waals surface area contributed by atoms with Gasteiger partial charge in [0.25, 0.3) is 0 Å². The molecule has 0 spiro atoms. The average Bonchev–Trinajstić information content (AvgIpc) is 3.24. The summed E-state index contributed by atoms with van der Waals surface area (Å²) in [5.41, 5.74) is 5.58. The third kappa shape index (κ3) is 6.25. The highest BCUT2D eigenvalue weighted by atomic mass is 28.4. The van der Waals surface area contributed by atoms with E-state index in [4.69, 9.17) is 9.41 Å². The van der Waals surface area contributed by atoms with Gasteiger partial charge in [0.15, 0.2) is 8.32 Å². The fourth-order valence-electron chi connectivity index (χ4n) is 5.01. The number of aromatic nitrogens is 2. The largest absolute Gasteiger partial charge is 0.416 e. The molecule has 1 N–H and O–H groups in total. The van der Waals surface area contributed by atoms with Crippen molar-refractivity contribution in [2.75, 3.05) is 23.3 Å². The quantitative estimate of drug-likeness (QED) is 0.215. The molecule has 0 saturated heterocycles. The minimum absolute atomic E-state index is 0.0488. The molecule has 2 heterocycles. The summed E-state index contributed by atoms with van der Waals surface area (Å²) in [6.07, 6.45) is 4.26. The van der Waals surface area contributed by atoms with Crippen molar-refractivity contribution in [2.45, 2.75) is 71.0 Å². The Morgan fingerprint density at radius 3 is 2.60 bits per heavy atom. The van der Waals surface area contributed by atoms with Gasteiger partial charge in [0.2, 0.25) is 5.95 Å². The van der Waals surface area contributed by atoms with Crippen LogP contribution >= 0.6 is 0 Å². The maximum atomic E-state index is 11.6. The van der Waals surface area contributed by atoms with Crippen molar-refractivity contribution in [3.8, 4) is 23.4 Å². The molecule has 215 valence electrons. The van der Waals surface area contributed by atoms with Gasteiger partial charge in [-0.3, -0.25) is 0 Å². The Morgan fingerprint density at radius 2 is 1.95 bits per heavy atom. The number of carbonyl (C=O) groups excluding carboxylic acids is 1. The number of carbonyl (C=O) groups is 1. The van der Waals surface area contributed by atoms with E-state index in [1.54, 1.807) is 6.20 Å². The Balaban J connectivity index is 1.76. The first kappa shape index (κ1) is 31.0. The van der Waals surface area contributed by atoms with Crippen LogP contribution in [0.5, 0.6) is 0 Å². The highest BCUT2D eigenvalue weighted by Gasteiger charge is 2.44. The van der Waals surface area contributed by atoms with Crippen LogP contribution < -0.4 is 10.1 Å². The summed E-state index contributed by atoms with van der Waals surface area (Å²) in [5, 5.41) is 23.0. The molecule has 1 radical (unpaired) electrons. The zero-order valence-corrected chi connectivity index (χ0v) is 26.6. The number of benzene rings is 2. The highest BCUT2D eigenvalue weighted by molar-refractivity contribution is 6.74. The zero-order valence-electron chi connectivity index (χ0n) is 25.6. The van der Waals surface area contributed by atoms with E-state index in [1.165, 1.54) is 7.41 Å². The monoisotopic (exact) mass is 577 g/mol. The predicted molar refractivity (Wildman–Crippen MR) is 171 cm³/mol. The molecular formula is C32H38BN6O2Si. The summed E-state index contributed by atoms with van der Waals surface area (Å²) < 4.78 is 6.69. The maximum absolute atomic E-state index is 11.6. The Kier molecular flexibility index (Phi) is 8.91. The Bertz CT molecular complexity index is 1570. The van der Waals surface area contributed by atoms with E-state index in [2.05, 4.69) is 76.2 Å². The van der Waals surface area contributed by atoms with Crippen LogP contribution in [0.25, 0.3) is 11.3 Å². The molecule has 0 saturated carbocycles.